The highest BCUT2D eigenvalue weighted by molar-refractivity contribution is 7.09. The highest BCUT2D eigenvalue weighted by Crippen LogP contribution is 2.43. The van der Waals surface area contributed by atoms with Crippen molar-refractivity contribution >= 4 is 17.3 Å². The molecule has 1 aromatic rings. The summed E-state index contributed by atoms with van der Waals surface area (Å²) in [5.74, 6) is -0.108. The highest BCUT2D eigenvalue weighted by atomic mass is 32.1. The smallest absolute Gasteiger partial charge is 0.309 e. The highest BCUT2D eigenvalue weighted by Gasteiger charge is 2.43. The zero-order chi connectivity index (χ0) is 13.2. The van der Waals surface area contributed by atoms with Crippen LogP contribution in [0.2, 0.25) is 0 Å². The molecular formula is C13H19NO3S. The van der Waals surface area contributed by atoms with E-state index in [1.807, 2.05) is 19.2 Å². The minimum absolute atomic E-state index is 0.0924. The molecule has 1 saturated carbocycles. The molecule has 0 aromatic carbocycles. The Balaban J connectivity index is 2.06. The second kappa shape index (κ2) is 5.36. The van der Waals surface area contributed by atoms with Crippen LogP contribution in [0.5, 0.6) is 0 Å². The summed E-state index contributed by atoms with van der Waals surface area (Å²) in [5.41, 5.74) is -0.865. The maximum atomic E-state index is 11.8. The first-order valence-corrected chi connectivity index (χ1v) is 7.24. The summed E-state index contributed by atoms with van der Waals surface area (Å²) >= 11 is 1.47. The van der Waals surface area contributed by atoms with Crippen molar-refractivity contribution in [2.45, 2.75) is 38.7 Å². The van der Waals surface area contributed by atoms with Crippen LogP contribution in [0.1, 0.15) is 38.1 Å². The molecule has 1 heterocycles. The molecule has 100 valence electrons. The van der Waals surface area contributed by atoms with Crippen LogP contribution in [0.3, 0.4) is 0 Å². The Hall–Kier alpha value is -0.940. The molecule has 0 radical (unpaired) electrons. The molecule has 1 aliphatic rings. The minimum atomic E-state index is -0.865. The second-order valence-electron chi connectivity index (χ2n) is 4.95. The molecule has 18 heavy (non-hydrogen) atoms. The van der Waals surface area contributed by atoms with Gasteiger partial charge in [-0.05, 0) is 32.1 Å². The molecule has 0 bridgehead atoms. The second-order valence-corrected chi connectivity index (χ2v) is 5.84. The summed E-state index contributed by atoms with van der Waals surface area (Å²) in [6, 6.07) is 0. The molecule has 0 amide bonds. The maximum Gasteiger partial charge on any atom is 0.309 e. The van der Waals surface area contributed by atoms with Crippen LogP contribution in [0.25, 0.3) is 0 Å². The van der Waals surface area contributed by atoms with Gasteiger partial charge < -0.3 is 9.84 Å². The van der Waals surface area contributed by atoms with Crippen LogP contribution in [0.4, 0.5) is 0 Å². The van der Waals surface area contributed by atoms with E-state index in [0.29, 0.717) is 25.9 Å². The van der Waals surface area contributed by atoms with Crippen molar-refractivity contribution < 1.29 is 14.6 Å². The zero-order valence-corrected chi connectivity index (χ0v) is 11.6. The van der Waals surface area contributed by atoms with E-state index in [1.54, 1.807) is 6.20 Å². The van der Waals surface area contributed by atoms with Crippen LogP contribution in [0.15, 0.2) is 11.6 Å². The van der Waals surface area contributed by atoms with Gasteiger partial charge in [0.1, 0.15) is 10.6 Å². The topological polar surface area (TPSA) is 59.4 Å². The van der Waals surface area contributed by atoms with Crippen molar-refractivity contribution in [3.05, 3.63) is 16.6 Å². The van der Waals surface area contributed by atoms with E-state index in [0.717, 1.165) is 5.01 Å². The number of carbonyl (C=O) groups excluding carboxylic acids is 1. The predicted octanol–water partition coefficient (Wildman–Crippen LogP) is 2.33. The molecule has 4 nitrogen and oxygen atoms in total. The van der Waals surface area contributed by atoms with E-state index in [2.05, 4.69) is 4.98 Å². The number of aliphatic hydroxyl groups is 1. The fourth-order valence-electron chi connectivity index (χ4n) is 2.70. The number of aromatic nitrogens is 1. The molecule has 1 aliphatic carbocycles. The number of hydrogen-bond donors (Lipinski definition) is 1. The summed E-state index contributed by atoms with van der Waals surface area (Å²) in [7, 11) is 0. The van der Waals surface area contributed by atoms with E-state index < -0.39 is 5.60 Å². The Morgan fingerprint density at radius 2 is 2.50 bits per heavy atom. The van der Waals surface area contributed by atoms with Gasteiger partial charge in [-0.15, -0.1) is 11.3 Å². The third-order valence-electron chi connectivity index (χ3n) is 3.64. The van der Waals surface area contributed by atoms with Gasteiger partial charge >= 0.3 is 5.97 Å². The molecule has 1 aromatic heterocycles. The third-order valence-corrected chi connectivity index (χ3v) is 4.60. The van der Waals surface area contributed by atoms with Gasteiger partial charge in [0.15, 0.2) is 0 Å². The van der Waals surface area contributed by atoms with Crippen LogP contribution in [-0.2, 0) is 15.1 Å². The summed E-state index contributed by atoms with van der Waals surface area (Å²) in [5, 5.41) is 13.3. The number of ether oxygens (including phenoxy) is 1. The SMILES string of the molecule is CCOC(=O)C1CCC(O)(c2nccs2)CC1C. The Morgan fingerprint density at radius 3 is 3.06 bits per heavy atom. The lowest BCUT2D eigenvalue weighted by molar-refractivity contribution is -0.154. The molecule has 3 unspecified atom stereocenters. The van der Waals surface area contributed by atoms with Crippen LogP contribution in [0, 0.1) is 11.8 Å². The lowest BCUT2D eigenvalue weighted by Crippen LogP contribution is -2.39. The van der Waals surface area contributed by atoms with Crippen molar-refractivity contribution in [1.29, 1.82) is 0 Å². The summed E-state index contributed by atoms with van der Waals surface area (Å²) < 4.78 is 5.08. The number of carbonyl (C=O) groups is 1. The van der Waals surface area contributed by atoms with Crippen LogP contribution >= 0.6 is 11.3 Å². The Morgan fingerprint density at radius 1 is 1.72 bits per heavy atom. The van der Waals surface area contributed by atoms with Crippen LogP contribution in [-0.4, -0.2) is 22.7 Å². The van der Waals surface area contributed by atoms with Crippen molar-refractivity contribution in [2.24, 2.45) is 11.8 Å². The molecule has 1 N–H and O–H groups in total. The largest absolute Gasteiger partial charge is 0.466 e. The van der Waals surface area contributed by atoms with E-state index in [-0.39, 0.29) is 17.8 Å². The average Bonchev–Trinajstić information content (AvgIpc) is 2.83. The number of esters is 1. The van der Waals surface area contributed by atoms with E-state index in [9.17, 15) is 9.90 Å². The van der Waals surface area contributed by atoms with Gasteiger partial charge in [-0.25, -0.2) is 4.98 Å². The normalized spacial score (nSPS) is 32.2. The molecule has 0 saturated heterocycles. The molecule has 3 atom stereocenters. The van der Waals surface area contributed by atoms with E-state index >= 15 is 0 Å². The lowest BCUT2D eigenvalue weighted by atomic mass is 9.72. The van der Waals surface area contributed by atoms with E-state index in [4.69, 9.17) is 4.74 Å². The maximum absolute atomic E-state index is 11.8. The summed E-state index contributed by atoms with van der Waals surface area (Å²) in [6.45, 7) is 4.23. The van der Waals surface area contributed by atoms with Gasteiger partial charge in [-0.1, -0.05) is 6.92 Å². The Kier molecular flexibility index (Phi) is 4.02. The number of hydrogen-bond acceptors (Lipinski definition) is 5. The van der Waals surface area contributed by atoms with Gasteiger partial charge in [0, 0.05) is 11.6 Å². The standard InChI is InChI=1S/C13H19NO3S/c1-3-17-11(15)10-4-5-13(16,8-9(10)2)12-14-6-7-18-12/h6-7,9-10,16H,3-5,8H2,1-2H3. The summed E-state index contributed by atoms with van der Waals surface area (Å²) in [4.78, 5) is 16.0. The molecular weight excluding hydrogens is 250 g/mol. The molecule has 1 fully saturated rings. The van der Waals surface area contributed by atoms with Crippen molar-refractivity contribution in [3.8, 4) is 0 Å². The van der Waals surface area contributed by atoms with Crippen LogP contribution < -0.4 is 0 Å². The Bertz CT molecular complexity index is 406. The first-order chi connectivity index (χ1) is 8.57. The monoisotopic (exact) mass is 269 g/mol. The van der Waals surface area contributed by atoms with E-state index in [1.165, 1.54) is 11.3 Å². The summed E-state index contributed by atoms with van der Waals surface area (Å²) in [6.07, 6.45) is 3.52. The fourth-order valence-corrected chi connectivity index (χ4v) is 3.48. The zero-order valence-electron chi connectivity index (χ0n) is 10.8. The predicted molar refractivity (Wildman–Crippen MR) is 69.1 cm³/mol. The fraction of sp³-hybridized carbons (Fsp3) is 0.692. The Labute approximate surface area is 111 Å². The molecule has 0 spiro atoms. The molecule has 2 rings (SSSR count). The van der Waals surface area contributed by atoms with Gasteiger partial charge in [-0.3, -0.25) is 4.79 Å². The van der Waals surface area contributed by atoms with Crippen molar-refractivity contribution in [2.75, 3.05) is 6.61 Å². The van der Waals surface area contributed by atoms with Gasteiger partial charge in [0.25, 0.3) is 0 Å². The molecule has 0 aliphatic heterocycles. The average molecular weight is 269 g/mol. The van der Waals surface area contributed by atoms with Gasteiger partial charge in [0.05, 0.1) is 12.5 Å². The van der Waals surface area contributed by atoms with Gasteiger partial charge in [-0.2, -0.15) is 0 Å². The lowest BCUT2D eigenvalue weighted by Gasteiger charge is -2.37. The van der Waals surface area contributed by atoms with Gasteiger partial charge in [0.2, 0.25) is 0 Å². The first kappa shape index (κ1) is 13.5. The third kappa shape index (κ3) is 2.57. The number of nitrogens with zero attached hydrogens (tertiary/aromatic N) is 1. The quantitative estimate of drug-likeness (QED) is 0.856. The minimum Gasteiger partial charge on any atom is -0.466 e. The first-order valence-electron chi connectivity index (χ1n) is 6.36. The van der Waals surface area contributed by atoms with Crippen molar-refractivity contribution in [3.63, 3.8) is 0 Å². The number of thiazole rings is 1. The van der Waals surface area contributed by atoms with Crippen molar-refractivity contribution in [1.82, 2.24) is 4.98 Å². The molecule has 5 heteroatoms. The number of rotatable bonds is 3.